The number of nitrogens with one attached hydrogen (secondary N) is 1. The summed E-state index contributed by atoms with van der Waals surface area (Å²) in [5.41, 5.74) is 7.03. The Bertz CT molecular complexity index is 418. The normalized spacial score (nSPS) is 11.9. The van der Waals surface area contributed by atoms with Crippen LogP contribution in [0.3, 0.4) is 0 Å². The quantitative estimate of drug-likeness (QED) is 0.687. The van der Waals surface area contributed by atoms with Crippen LogP contribution in [0.5, 0.6) is 0 Å². The Morgan fingerprint density at radius 3 is 2.50 bits per heavy atom. The molecular weight excluding hydrogens is 248 g/mol. The second-order valence-corrected chi connectivity index (χ2v) is 4.56. The highest BCUT2D eigenvalue weighted by molar-refractivity contribution is 7.80. The van der Waals surface area contributed by atoms with Crippen molar-refractivity contribution in [3.05, 3.63) is 29.8 Å². The smallest absolute Gasteiger partial charge is 0.234 e. The van der Waals surface area contributed by atoms with E-state index in [-0.39, 0.29) is 17.5 Å². The zero-order valence-corrected chi connectivity index (χ0v) is 11.2. The second-order valence-electron chi connectivity index (χ2n) is 4.09. The van der Waals surface area contributed by atoms with Gasteiger partial charge in [0.25, 0.3) is 0 Å². The van der Waals surface area contributed by atoms with E-state index >= 15 is 0 Å². The molecule has 0 heterocycles. The molecule has 4 nitrogen and oxygen atoms in total. The molecule has 0 saturated carbocycles. The summed E-state index contributed by atoms with van der Waals surface area (Å²) >= 11 is 4.90. The number of rotatable bonds is 6. The molecule has 1 atom stereocenters. The van der Waals surface area contributed by atoms with Crippen molar-refractivity contribution in [1.82, 2.24) is 0 Å². The van der Waals surface area contributed by atoms with Crippen LogP contribution >= 0.6 is 12.2 Å². The van der Waals surface area contributed by atoms with Crippen molar-refractivity contribution in [2.24, 2.45) is 11.7 Å². The Kier molecular flexibility index (Phi) is 5.74. The maximum absolute atomic E-state index is 12.0. The minimum Gasteiger partial charge on any atom is -0.393 e. The molecule has 0 bridgehead atoms. The number of nitrogens with two attached hydrogens (primary N) is 1. The Balaban J connectivity index is 2.69. The molecule has 98 valence electrons. The lowest BCUT2D eigenvalue weighted by atomic mass is 10.0. The largest absolute Gasteiger partial charge is 0.393 e. The van der Waals surface area contributed by atoms with Crippen LogP contribution in [0.2, 0.25) is 0 Å². The molecule has 0 aliphatic rings. The van der Waals surface area contributed by atoms with Gasteiger partial charge in [0.2, 0.25) is 5.91 Å². The summed E-state index contributed by atoms with van der Waals surface area (Å²) in [5.74, 6) is -0.608. The summed E-state index contributed by atoms with van der Waals surface area (Å²) in [7, 11) is 0. The highest BCUT2D eigenvalue weighted by atomic mass is 32.1. The third kappa shape index (κ3) is 4.09. The Morgan fingerprint density at radius 1 is 1.44 bits per heavy atom. The molecule has 1 aromatic carbocycles. The highest BCUT2D eigenvalue weighted by Crippen LogP contribution is 2.14. The van der Waals surface area contributed by atoms with Gasteiger partial charge < -0.3 is 16.2 Å². The van der Waals surface area contributed by atoms with Crippen LogP contribution in [0.15, 0.2) is 24.3 Å². The first kappa shape index (κ1) is 14.6. The minimum absolute atomic E-state index is 0.0143. The first-order valence-electron chi connectivity index (χ1n) is 5.88. The summed E-state index contributed by atoms with van der Waals surface area (Å²) in [6.45, 7) is 1.97. The van der Waals surface area contributed by atoms with E-state index in [1.54, 1.807) is 24.3 Å². The molecule has 1 rings (SSSR count). The standard InChI is InChI=1S/C13H18N2O2S/c1-2-3-11(12(14)18)13(17)15-10-6-4-9(8-16)5-7-10/h4-7,11,16H,2-3,8H2,1H3,(H2,14,18)(H,15,17). The first-order chi connectivity index (χ1) is 8.58. The number of carbonyl (C=O) groups excluding carboxylic acids is 1. The van der Waals surface area contributed by atoms with Crippen LogP contribution in [-0.4, -0.2) is 16.0 Å². The van der Waals surface area contributed by atoms with Crippen LogP contribution < -0.4 is 11.1 Å². The third-order valence-electron chi connectivity index (χ3n) is 2.64. The molecule has 0 fully saturated rings. The predicted molar refractivity (Wildman–Crippen MR) is 76.2 cm³/mol. The van der Waals surface area contributed by atoms with Crippen LogP contribution in [0, 0.1) is 5.92 Å². The Hall–Kier alpha value is -1.46. The molecule has 0 saturated heterocycles. The molecule has 0 aliphatic heterocycles. The van der Waals surface area contributed by atoms with Crippen molar-refractivity contribution >= 4 is 28.8 Å². The number of aliphatic hydroxyl groups excluding tert-OH is 1. The fourth-order valence-corrected chi connectivity index (χ4v) is 1.84. The van der Waals surface area contributed by atoms with Gasteiger partial charge in [-0.2, -0.15) is 0 Å². The minimum atomic E-state index is -0.428. The summed E-state index contributed by atoms with van der Waals surface area (Å²) < 4.78 is 0. The van der Waals surface area contributed by atoms with Crippen molar-refractivity contribution in [2.45, 2.75) is 26.4 Å². The van der Waals surface area contributed by atoms with Gasteiger partial charge in [-0.05, 0) is 24.1 Å². The lowest BCUT2D eigenvalue weighted by Crippen LogP contribution is -2.33. The van der Waals surface area contributed by atoms with Gasteiger partial charge >= 0.3 is 0 Å². The van der Waals surface area contributed by atoms with E-state index in [4.69, 9.17) is 23.1 Å². The van der Waals surface area contributed by atoms with E-state index in [0.717, 1.165) is 12.0 Å². The molecule has 18 heavy (non-hydrogen) atoms. The van der Waals surface area contributed by atoms with Crippen molar-refractivity contribution in [2.75, 3.05) is 5.32 Å². The molecule has 5 heteroatoms. The van der Waals surface area contributed by atoms with Gasteiger partial charge in [0.05, 0.1) is 17.5 Å². The third-order valence-corrected chi connectivity index (χ3v) is 2.93. The summed E-state index contributed by atoms with van der Waals surface area (Å²) in [6.07, 6.45) is 1.49. The van der Waals surface area contributed by atoms with Crippen LogP contribution in [0.4, 0.5) is 5.69 Å². The van der Waals surface area contributed by atoms with Crippen molar-refractivity contribution in [3.8, 4) is 0 Å². The molecule has 0 aromatic heterocycles. The topological polar surface area (TPSA) is 75.3 Å². The van der Waals surface area contributed by atoms with Crippen LogP contribution in [0.25, 0.3) is 0 Å². The molecule has 1 aromatic rings. The Labute approximate surface area is 112 Å². The van der Waals surface area contributed by atoms with Gasteiger partial charge in [-0.15, -0.1) is 0 Å². The van der Waals surface area contributed by atoms with Gasteiger partial charge in [-0.1, -0.05) is 37.7 Å². The van der Waals surface area contributed by atoms with Crippen LogP contribution in [-0.2, 0) is 11.4 Å². The molecular formula is C13H18N2O2S. The number of hydrogen-bond donors (Lipinski definition) is 3. The van der Waals surface area contributed by atoms with E-state index in [1.165, 1.54) is 0 Å². The van der Waals surface area contributed by atoms with Crippen molar-refractivity contribution in [3.63, 3.8) is 0 Å². The maximum atomic E-state index is 12.0. The monoisotopic (exact) mass is 266 g/mol. The first-order valence-corrected chi connectivity index (χ1v) is 6.29. The molecule has 1 unspecified atom stereocenters. The van der Waals surface area contributed by atoms with Crippen molar-refractivity contribution < 1.29 is 9.90 Å². The number of anilines is 1. The molecule has 4 N–H and O–H groups in total. The lowest BCUT2D eigenvalue weighted by Gasteiger charge is -2.14. The van der Waals surface area contributed by atoms with E-state index in [1.807, 2.05) is 6.92 Å². The average molecular weight is 266 g/mol. The van der Waals surface area contributed by atoms with Gasteiger partial charge in [0.15, 0.2) is 0 Å². The number of carbonyl (C=O) groups is 1. The number of aliphatic hydroxyl groups is 1. The highest BCUT2D eigenvalue weighted by Gasteiger charge is 2.20. The zero-order valence-electron chi connectivity index (χ0n) is 10.3. The lowest BCUT2D eigenvalue weighted by molar-refractivity contribution is -0.118. The van der Waals surface area contributed by atoms with Gasteiger partial charge in [-0.25, -0.2) is 0 Å². The van der Waals surface area contributed by atoms with Crippen LogP contribution in [0.1, 0.15) is 25.3 Å². The Morgan fingerprint density at radius 2 is 2.06 bits per heavy atom. The molecule has 0 radical (unpaired) electrons. The fraction of sp³-hybridized carbons (Fsp3) is 0.385. The second kappa shape index (κ2) is 7.08. The zero-order chi connectivity index (χ0) is 13.5. The maximum Gasteiger partial charge on any atom is 0.234 e. The summed E-state index contributed by atoms with van der Waals surface area (Å²) in [4.78, 5) is 12.2. The van der Waals surface area contributed by atoms with E-state index in [9.17, 15) is 4.79 Å². The van der Waals surface area contributed by atoms with E-state index in [0.29, 0.717) is 12.1 Å². The number of amides is 1. The SMILES string of the molecule is CCCC(C(=O)Nc1ccc(CO)cc1)C(N)=S. The van der Waals surface area contributed by atoms with Gasteiger partial charge in [-0.3, -0.25) is 4.79 Å². The average Bonchev–Trinajstić information content (AvgIpc) is 2.36. The van der Waals surface area contributed by atoms with E-state index in [2.05, 4.69) is 5.32 Å². The van der Waals surface area contributed by atoms with Crippen molar-refractivity contribution in [1.29, 1.82) is 0 Å². The molecule has 1 amide bonds. The number of hydrogen-bond acceptors (Lipinski definition) is 3. The summed E-state index contributed by atoms with van der Waals surface area (Å²) in [6, 6.07) is 6.99. The molecule has 0 aliphatic carbocycles. The number of benzene rings is 1. The van der Waals surface area contributed by atoms with E-state index < -0.39 is 5.92 Å². The predicted octanol–water partition coefficient (Wildman–Crippen LogP) is 1.82. The van der Waals surface area contributed by atoms with Gasteiger partial charge in [0, 0.05) is 5.69 Å². The summed E-state index contributed by atoms with van der Waals surface area (Å²) in [5, 5.41) is 11.7. The fourth-order valence-electron chi connectivity index (χ4n) is 1.61. The molecule has 0 spiro atoms. The van der Waals surface area contributed by atoms with Gasteiger partial charge in [0.1, 0.15) is 0 Å². The number of thiocarbonyl (C=S) groups is 1.